The van der Waals surface area contributed by atoms with Crippen molar-refractivity contribution < 1.29 is 9.53 Å². The van der Waals surface area contributed by atoms with Gasteiger partial charge in [-0.3, -0.25) is 14.6 Å². The third kappa shape index (κ3) is 6.28. The molecule has 1 saturated heterocycles. The molecule has 1 amide bonds. The Balaban J connectivity index is 1.60. The molecule has 1 fully saturated rings. The highest BCUT2D eigenvalue weighted by Gasteiger charge is 2.23. The largest absolute Gasteiger partial charge is 0.379 e. The average molecular weight is 504 g/mol. The number of benzene rings is 2. The van der Waals surface area contributed by atoms with Crippen LogP contribution in [0.2, 0.25) is 5.02 Å². The third-order valence-electron chi connectivity index (χ3n) is 5.53. The first kappa shape index (κ1) is 24.5. The third-order valence-corrected chi connectivity index (χ3v) is 7.77. The van der Waals surface area contributed by atoms with Crippen LogP contribution in [0.5, 0.6) is 0 Å². The average Bonchev–Trinajstić information content (AvgIpc) is 3.21. The fourth-order valence-electron chi connectivity index (χ4n) is 3.95. The summed E-state index contributed by atoms with van der Waals surface area (Å²) in [5, 5.41) is 1.88. The van der Waals surface area contributed by atoms with Crippen molar-refractivity contribution in [1.29, 1.82) is 0 Å². The van der Waals surface area contributed by atoms with Gasteiger partial charge >= 0.3 is 0 Å². The second-order valence-corrected chi connectivity index (χ2v) is 11.6. The Bertz CT molecular complexity index is 1110. The molecule has 33 heavy (non-hydrogen) atoms. The summed E-state index contributed by atoms with van der Waals surface area (Å²) in [6, 6.07) is 11.8. The van der Waals surface area contributed by atoms with Crippen molar-refractivity contribution >= 4 is 56.0 Å². The highest BCUT2D eigenvalue weighted by Crippen LogP contribution is 2.34. The molecule has 0 saturated carbocycles. The number of thioether (sulfide) groups is 1. The van der Waals surface area contributed by atoms with Crippen molar-refractivity contribution in [3.05, 3.63) is 52.5 Å². The van der Waals surface area contributed by atoms with E-state index in [-0.39, 0.29) is 5.91 Å². The number of aromatic nitrogens is 1. The first-order chi connectivity index (χ1) is 15.9. The zero-order valence-electron chi connectivity index (χ0n) is 19.3. The van der Waals surface area contributed by atoms with Gasteiger partial charge in [0.05, 0.1) is 23.4 Å². The van der Waals surface area contributed by atoms with Gasteiger partial charge in [0, 0.05) is 46.9 Å². The molecule has 176 valence electrons. The van der Waals surface area contributed by atoms with Gasteiger partial charge in [-0.25, -0.2) is 4.98 Å². The number of hydrogen-bond donors (Lipinski definition) is 0. The van der Waals surface area contributed by atoms with E-state index < -0.39 is 0 Å². The fraction of sp³-hybridized carbons (Fsp3) is 0.440. The Morgan fingerprint density at radius 2 is 2.06 bits per heavy atom. The maximum absolute atomic E-state index is 13.7. The highest BCUT2D eigenvalue weighted by molar-refractivity contribution is 7.99. The van der Waals surface area contributed by atoms with E-state index in [1.54, 1.807) is 11.8 Å². The number of anilines is 1. The van der Waals surface area contributed by atoms with Gasteiger partial charge in [-0.05, 0) is 49.2 Å². The van der Waals surface area contributed by atoms with Crippen LogP contribution in [0.3, 0.4) is 0 Å². The minimum Gasteiger partial charge on any atom is -0.379 e. The summed E-state index contributed by atoms with van der Waals surface area (Å²) in [6.07, 6.45) is 0.877. The molecule has 1 aliphatic rings. The molecule has 2 aromatic carbocycles. The van der Waals surface area contributed by atoms with Gasteiger partial charge in [0.25, 0.3) is 5.91 Å². The standard InChI is InChI=1S/C25H30ClN3O2S2/c1-17(2)32-21-7-4-6-19(15-21)24(30)29(9-5-8-28-10-12-31-13-11-28)25-27-23-18(3)14-20(26)16-22(23)33-25/h4,6-7,14-17H,5,8-13H2,1-3H3. The van der Waals surface area contributed by atoms with E-state index in [9.17, 15) is 4.79 Å². The molecule has 0 radical (unpaired) electrons. The molecule has 2 heterocycles. The van der Waals surface area contributed by atoms with Crippen molar-refractivity contribution in [3.63, 3.8) is 0 Å². The molecular weight excluding hydrogens is 474 g/mol. The van der Waals surface area contributed by atoms with Gasteiger partial charge in [-0.1, -0.05) is 42.9 Å². The first-order valence-electron chi connectivity index (χ1n) is 11.4. The van der Waals surface area contributed by atoms with Crippen LogP contribution in [0.25, 0.3) is 10.2 Å². The van der Waals surface area contributed by atoms with Crippen molar-refractivity contribution in [2.75, 3.05) is 44.3 Å². The van der Waals surface area contributed by atoms with Gasteiger partial charge in [0.1, 0.15) is 0 Å². The van der Waals surface area contributed by atoms with Gasteiger partial charge in [0.15, 0.2) is 5.13 Å². The Kier molecular flexibility index (Phi) is 8.30. The zero-order valence-corrected chi connectivity index (χ0v) is 21.7. The van der Waals surface area contributed by atoms with Crippen molar-refractivity contribution in [2.45, 2.75) is 37.3 Å². The summed E-state index contributed by atoms with van der Waals surface area (Å²) in [5.74, 6) is -0.00834. The summed E-state index contributed by atoms with van der Waals surface area (Å²) in [5.41, 5.74) is 2.63. The van der Waals surface area contributed by atoms with E-state index in [1.165, 1.54) is 11.3 Å². The number of carbonyl (C=O) groups is 1. The van der Waals surface area contributed by atoms with Crippen LogP contribution in [0.15, 0.2) is 41.3 Å². The maximum Gasteiger partial charge on any atom is 0.260 e. The lowest BCUT2D eigenvalue weighted by Gasteiger charge is -2.27. The van der Waals surface area contributed by atoms with Gasteiger partial charge in [-0.2, -0.15) is 0 Å². The number of amides is 1. The SMILES string of the molecule is Cc1cc(Cl)cc2sc(N(CCCN3CCOCC3)C(=O)c3cccc(SC(C)C)c3)nc12. The van der Waals surface area contributed by atoms with E-state index in [0.717, 1.165) is 65.1 Å². The molecule has 0 spiro atoms. The van der Waals surface area contributed by atoms with Crippen LogP contribution in [-0.2, 0) is 4.74 Å². The number of thiazole rings is 1. The van der Waals surface area contributed by atoms with Crippen LogP contribution in [0, 0.1) is 6.92 Å². The molecule has 4 rings (SSSR count). The van der Waals surface area contributed by atoms with Gasteiger partial charge in [-0.15, -0.1) is 11.8 Å². The van der Waals surface area contributed by atoms with E-state index in [0.29, 0.717) is 22.4 Å². The van der Waals surface area contributed by atoms with Crippen LogP contribution in [0.4, 0.5) is 5.13 Å². The number of aryl methyl sites for hydroxylation is 1. The van der Waals surface area contributed by atoms with Crippen molar-refractivity contribution in [3.8, 4) is 0 Å². The lowest BCUT2D eigenvalue weighted by Crippen LogP contribution is -2.39. The predicted molar refractivity (Wildman–Crippen MR) is 140 cm³/mol. The van der Waals surface area contributed by atoms with Crippen molar-refractivity contribution in [1.82, 2.24) is 9.88 Å². The number of nitrogens with zero attached hydrogens (tertiary/aromatic N) is 3. The molecule has 0 unspecified atom stereocenters. The lowest BCUT2D eigenvalue weighted by atomic mass is 10.2. The minimum atomic E-state index is -0.00834. The normalized spacial score (nSPS) is 14.8. The highest BCUT2D eigenvalue weighted by atomic mass is 35.5. The summed E-state index contributed by atoms with van der Waals surface area (Å²) in [7, 11) is 0. The molecule has 3 aromatic rings. The first-order valence-corrected chi connectivity index (χ1v) is 13.4. The molecule has 1 aromatic heterocycles. The number of hydrogen-bond acceptors (Lipinski definition) is 6. The van der Waals surface area contributed by atoms with Crippen LogP contribution >= 0.6 is 34.7 Å². The Labute approximate surface area is 209 Å². The number of ether oxygens (including phenoxy) is 1. The minimum absolute atomic E-state index is 0.00834. The second-order valence-electron chi connectivity index (χ2n) is 8.52. The molecule has 1 aliphatic heterocycles. The van der Waals surface area contributed by atoms with Gasteiger partial charge in [0.2, 0.25) is 0 Å². The zero-order chi connectivity index (χ0) is 23.4. The second kappa shape index (κ2) is 11.2. The molecule has 0 aliphatic carbocycles. The summed E-state index contributed by atoms with van der Waals surface area (Å²) >= 11 is 9.57. The predicted octanol–water partition coefficient (Wildman–Crippen LogP) is 6.13. The van der Waals surface area contributed by atoms with Crippen LogP contribution in [-0.4, -0.2) is 60.4 Å². The van der Waals surface area contributed by atoms with Crippen LogP contribution < -0.4 is 4.90 Å². The van der Waals surface area contributed by atoms with E-state index >= 15 is 0 Å². The van der Waals surface area contributed by atoms with E-state index in [4.69, 9.17) is 21.3 Å². The van der Waals surface area contributed by atoms with E-state index in [1.807, 2.05) is 42.2 Å². The quantitative estimate of drug-likeness (QED) is 0.346. The maximum atomic E-state index is 13.7. The lowest BCUT2D eigenvalue weighted by molar-refractivity contribution is 0.0376. The monoisotopic (exact) mass is 503 g/mol. The summed E-state index contributed by atoms with van der Waals surface area (Å²) < 4.78 is 6.46. The molecule has 8 heteroatoms. The molecular formula is C25H30ClN3O2S2. The Morgan fingerprint density at radius 3 is 2.82 bits per heavy atom. The number of halogens is 1. The van der Waals surface area contributed by atoms with Crippen LogP contribution in [0.1, 0.15) is 36.2 Å². The Morgan fingerprint density at radius 1 is 1.27 bits per heavy atom. The molecule has 5 nitrogen and oxygen atoms in total. The number of morpholine rings is 1. The number of fused-ring (bicyclic) bond motifs is 1. The molecule has 0 N–H and O–H groups in total. The smallest absolute Gasteiger partial charge is 0.260 e. The topological polar surface area (TPSA) is 45.7 Å². The Hall–Kier alpha value is -1.64. The molecule has 0 bridgehead atoms. The number of rotatable bonds is 8. The fourth-order valence-corrected chi connectivity index (χ4v) is 6.29. The van der Waals surface area contributed by atoms with Crippen molar-refractivity contribution in [2.24, 2.45) is 0 Å². The summed E-state index contributed by atoms with van der Waals surface area (Å²) in [6.45, 7) is 11.3. The summed E-state index contributed by atoms with van der Waals surface area (Å²) in [4.78, 5) is 23.9. The molecule has 0 atom stereocenters. The van der Waals surface area contributed by atoms with E-state index in [2.05, 4.69) is 24.8 Å². The number of carbonyl (C=O) groups excluding carboxylic acids is 1. The van der Waals surface area contributed by atoms with Gasteiger partial charge < -0.3 is 4.74 Å².